The Hall–Kier alpha value is -2.81. The summed E-state index contributed by atoms with van der Waals surface area (Å²) in [5.74, 6) is -1.63. The predicted octanol–water partition coefficient (Wildman–Crippen LogP) is 0.367. The van der Waals surface area contributed by atoms with Crippen LogP contribution in [0.4, 0.5) is 11.5 Å². The van der Waals surface area contributed by atoms with Crippen LogP contribution < -0.4 is 10.6 Å². The van der Waals surface area contributed by atoms with Crippen molar-refractivity contribution in [2.75, 3.05) is 16.9 Å². The molecule has 0 saturated carbocycles. The van der Waals surface area contributed by atoms with Crippen molar-refractivity contribution in [1.82, 2.24) is 9.97 Å². The number of sulfone groups is 1. The van der Waals surface area contributed by atoms with Crippen LogP contribution in [0.15, 0.2) is 35.5 Å². The molecule has 2 heterocycles. The van der Waals surface area contributed by atoms with E-state index in [1.165, 1.54) is 4.90 Å². The Balaban J connectivity index is 1.75. The van der Waals surface area contributed by atoms with E-state index in [4.69, 9.17) is 5.73 Å². The van der Waals surface area contributed by atoms with E-state index >= 15 is 0 Å². The highest BCUT2D eigenvalue weighted by Gasteiger charge is 2.51. The summed E-state index contributed by atoms with van der Waals surface area (Å²) in [4.78, 5) is 34.8. The summed E-state index contributed by atoms with van der Waals surface area (Å²) in [6.45, 7) is 0. The number of hydrogen-bond donors (Lipinski definition) is 1. The lowest BCUT2D eigenvalue weighted by Gasteiger charge is -2.24. The molecule has 9 heteroatoms. The highest BCUT2D eigenvalue weighted by Crippen LogP contribution is 2.40. The number of imide groups is 1. The number of fused-ring (bicyclic) bond motifs is 2. The second-order valence-electron chi connectivity index (χ2n) is 6.56. The number of nitrogens with two attached hydrogens (primary N) is 1. The number of hydrogen-bond acceptors (Lipinski definition) is 7. The van der Waals surface area contributed by atoms with Gasteiger partial charge in [0.1, 0.15) is 5.82 Å². The lowest BCUT2D eigenvalue weighted by molar-refractivity contribution is -0.122. The third-order valence-corrected chi connectivity index (χ3v) is 5.69. The number of amides is 2. The molecule has 2 N–H and O–H groups in total. The van der Waals surface area contributed by atoms with Gasteiger partial charge < -0.3 is 5.73 Å². The molecule has 1 aromatic carbocycles. The maximum absolute atomic E-state index is 12.8. The molecule has 0 bridgehead atoms. The van der Waals surface area contributed by atoms with Gasteiger partial charge in [-0.15, -0.1) is 0 Å². The van der Waals surface area contributed by atoms with Crippen molar-refractivity contribution in [2.24, 2.45) is 11.8 Å². The summed E-state index contributed by atoms with van der Waals surface area (Å²) in [6, 6.07) is 8.73. The van der Waals surface area contributed by atoms with Crippen molar-refractivity contribution in [3.63, 3.8) is 0 Å². The van der Waals surface area contributed by atoms with E-state index in [1.807, 2.05) is 0 Å². The van der Waals surface area contributed by atoms with Crippen LogP contribution >= 0.6 is 0 Å². The molecule has 1 aliphatic carbocycles. The molecule has 26 heavy (non-hydrogen) atoms. The lowest BCUT2D eigenvalue weighted by Crippen LogP contribution is -2.30. The minimum atomic E-state index is -3.62. The number of carbonyl (C=O) groups excluding carboxylic acids is 2. The van der Waals surface area contributed by atoms with Crippen molar-refractivity contribution < 1.29 is 18.0 Å². The Morgan fingerprint density at radius 1 is 1.04 bits per heavy atom. The molecule has 1 saturated heterocycles. The molecule has 1 aliphatic heterocycles. The molecule has 0 radical (unpaired) electrons. The van der Waals surface area contributed by atoms with Gasteiger partial charge in [-0.2, -0.15) is 0 Å². The fourth-order valence-electron chi connectivity index (χ4n) is 3.59. The van der Waals surface area contributed by atoms with Crippen LogP contribution in [0.25, 0.3) is 0 Å². The molecule has 0 unspecified atom stereocenters. The maximum atomic E-state index is 12.8. The number of para-hydroxylation sites is 1. The first-order valence-electron chi connectivity index (χ1n) is 8.05. The molecule has 4 rings (SSSR count). The van der Waals surface area contributed by atoms with Crippen LogP contribution in [-0.2, 0) is 32.3 Å². The molecular formula is C17H16N4O4S. The van der Waals surface area contributed by atoms with Gasteiger partial charge in [0.2, 0.25) is 26.8 Å². The van der Waals surface area contributed by atoms with Crippen LogP contribution in [0.5, 0.6) is 0 Å². The number of anilines is 2. The summed E-state index contributed by atoms with van der Waals surface area (Å²) in [6.07, 6.45) is 1.40. The van der Waals surface area contributed by atoms with Gasteiger partial charge in [-0.05, 0) is 18.6 Å². The Morgan fingerprint density at radius 3 is 2.27 bits per heavy atom. The van der Waals surface area contributed by atoms with Gasteiger partial charge in [-0.1, -0.05) is 18.2 Å². The monoisotopic (exact) mass is 372 g/mol. The number of aromatic nitrogens is 2. The van der Waals surface area contributed by atoms with E-state index in [0.29, 0.717) is 16.9 Å². The summed E-state index contributed by atoms with van der Waals surface area (Å²) >= 11 is 0. The van der Waals surface area contributed by atoms with Crippen LogP contribution in [0.1, 0.15) is 11.3 Å². The lowest BCUT2D eigenvalue weighted by atomic mass is 9.79. The van der Waals surface area contributed by atoms with Gasteiger partial charge in [0.05, 0.1) is 23.2 Å². The first-order valence-corrected chi connectivity index (χ1v) is 9.94. The fraction of sp³-hybridized carbons (Fsp3) is 0.294. The van der Waals surface area contributed by atoms with E-state index < -0.39 is 21.7 Å². The smallest absolute Gasteiger partial charge is 0.248 e. The topological polar surface area (TPSA) is 123 Å². The predicted molar refractivity (Wildman–Crippen MR) is 92.9 cm³/mol. The summed E-state index contributed by atoms with van der Waals surface area (Å²) in [5.41, 5.74) is 7.42. The van der Waals surface area contributed by atoms with Gasteiger partial charge >= 0.3 is 0 Å². The van der Waals surface area contributed by atoms with Crippen LogP contribution in [0.2, 0.25) is 0 Å². The van der Waals surface area contributed by atoms with Crippen molar-refractivity contribution in [2.45, 2.75) is 18.0 Å². The molecule has 1 aromatic heterocycles. The highest BCUT2D eigenvalue weighted by molar-refractivity contribution is 7.90. The molecular weight excluding hydrogens is 356 g/mol. The largest absolute Gasteiger partial charge is 0.383 e. The number of rotatable bonds is 2. The van der Waals surface area contributed by atoms with Gasteiger partial charge in [0.25, 0.3) is 0 Å². The summed E-state index contributed by atoms with van der Waals surface area (Å²) < 4.78 is 23.5. The Kier molecular flexibility index (Phi) is 3.58. The average molecular weight is 372 g/mol. The Bertz CT molecular complexity index is 1040. The zero-order valence-corrected chi connectivity index (χ0v) is 14.7. The molecule has 2 aromatic rings. The number of carbonyl (C=O) groups is 2. The maximum Gasteiger partial charge on any atom is 0.248 e. The highest BCUT2D eigenvalue weighted by atomic mass is 32.2. The second kappa shape index (κ2) is 5.60. The zero-order chi connectivity index (χ0) is 18.6. The van der Waals surface area contributed by atoms with Gasteiger partial charge in [0, 0.05) is 18.2 Å². The minimum absolute atomic E-state index is 0.0484. The van der Waals surface area contributed by atoms with Gasteiger partial charge in [-0.3, -0.25) is 14.5 Å². The molecule has 2 aliphatic rings. The Labute approximate surface area is 150 Å². The van der Waals surface area contributed by atoms with E-state index in [0.717, 1.165) is 6.26 Å². The van der Waals surface area contributed by atoms with E-state index in [9.17, 15) is 18.0 Å². The Morgan fingerprint density at radius 2 is 1.65 bits per heavy atom. The van der Waals surface area contributed by atoms with E-state index in [-0.39, 0.29) is 35.6 Å². The van der Waals surface area contributed by atoms with E-state index in [1.54, 1.807) is 30.3 Å². The van der Waals surface area contributed by atoms with Crippen molar-refractivity contribution >= 4 is 33.2 Å². The van der Waals surface area contributed by atoms with Crippen molar-refractivity contribution in [3.8, 4) is 0 Å². The third kappa shape index (κ3) is 2.47. The van der Waals surface area contributed by atoms with Crippen LogP contribution in [0.3, 0.4) is 0 Å². The van der Waals surface area contributed by atoms with Crippen LogP contribution in [-0.4, -0.2) is 36.5 Å². The van der Waals surface area contributed by atoms with Crippen molar-refractivity contribution in [3.05, 3.63) is 41.6 Å². The van der Waals surface area contributed by atoms with Gasteiger partial charge in [-0.25, -0.2) is 18.4 Å². The SMILES string of the molecule is CS(=O)(=O)c1nc(N)c2c(n1)C[C@@H]1C(=O)N(c3ccccc3)C(=O)[C@@H]1C2. The molecule has 1 fully saturated rings. The zero-order valence-electron chi connectivity index (χ0n) is 13.9. The first kappa shape index (κ1) is 16.6. The average Bonchev–Trinajstić information content (AvgIpc) is 2.84. The fourth-order valence-corrected chi connectivity index (χ4v) is 4.13. The summed E-state index contributed by atoms with van der Waals surface area (Å²) in [7, 11) is -3.62. The van der Waals surface area contributed by atoms with Crippen molar-refractivity contribution in [1.29, 1.82) is 0 Å². The minimum Gasteiger partial charge on any atom is -0.383 e. The molecule has 0 spiro atoms. The number of nitrogen functional groups attached to an aromatic ring is 1. The number of nitrogens with zero attached hydrogens (tertiary/aromatic N) is 3. The molecule has 134 valence electrons. The van der Waals surface area contributed by atoms with Crippen LogP contribution in [0, 0.1) is 11.8 Å². The molecule has 8 nitrogen and oxygen atoms in total. The summed E-state index contributed by atoms with van der Waals surface area (Å²) in [5, 5.41) is -0.358. The first-order chi connectivity index (χ1) is 12.3. The van der Waals surface area contributed by atoms with E-state index in [2.05, 4.69) is 9.97 Å². The molecule has 2 amide bonds. The quantitative estimate of drug-likeness (QED) is 0.596. The normalized spacial score (nSPS) is 22.3. The molecule has 2 atom stereocenters. The third-order valence-electron chi connectivity index (χ3n) is 4.85. The standard InChI is InChI=1S/C17H16N4O4S/c1-26(24,25)17-19-13-8-11-10(7-12(13)14(18)20-17)15(22)21(16(11)23)9-5-3-2-4-6-9/h2-6,10-11H,7-8H2,1H3,(H2,18,19,20)/t10-,11+/m1/s1. The second-order valence-corrected chi connectivity index (χ2v) is 8.47. The van der Waals surface area contributed by atoms with Gasteiger partial charge in [0.15, 0.2) is 0 Å². The number of benzene rings is 1.